The van der Waals surface area contributed by atoms with E-state index in [0.29, 0.717) is 67.0 Å². The quantitative estimate of drug-likeness (QED) is 0.265. The number of thiol groups is 1. The summed E-state index contributed by atoms with van der Waals surface area (Å²) in [6, 6.07) is 4.75. The van der Waals surface area contributed by atoms with E-state index in [9.17, 15) is 26.7 Å². The van der Waals surface area contributed by atoms with Crippen molar-refractivity contribution >= 4 is 22.7 Å². The second-order valence-corrected chi connectivity index (χ2v) is 13.6. The molecule has 3 heterocycles. The number of aromatic nitrogens is 1. The molecule has 43 heavy (non-hydrogen) atoms. The minimum Gasteiger partial charge on any atom is -0.388 e. The highest BCUT2D eigenvalue weighted by Crippen LogP contribution is 2.57. The molecule has 2 aromatic rings. The molecule has 0 radical (unpaired) electrons. The number of pyridine rings is 1. The number of halogens is 3. The van der Waals surface area contributed by atoms with Crippen LogP contribution in [0.25, 0.3) is 0 Å². The summed E-state index contributed by atoms with van der Waals surface area (Å²) in [4.78, 5) is 4.80. The molecule has 1 spiro atoms. The molecule has 0 amide bonds. The molecule has 7 nitrogen and oxygen atoms in total. The molecule has 0 saturated carbocycles. The molecular formula is C31H44F3NO6S2. The molecule has 1 N–H and O–H groups in total. The first-order chi connectivity index (χ1) is 20.1. The van der Waals surface area contributed by atoms with E-state index in [4.69, 9.17) is 18.6 Å². The van der Waals surface area contributed by atoms with E-state index >= 15 is 0 Å². The second kappa shape index (κ2) is 14.2. The van der Waals surface area contributed by atoms with Gasteiger partial charge in [0.1, 0.15) is 12.7 Å². The molecule has 3 aliphatic rings. The largest absolute Gasteiger partial charge is 0.416 e. The number of aliphatic hydroxyl groups is 1. The van der Waals surface area contributed by atoms with Gasteiger partial charge in [-0.25, -0.2) is 0 Å². The summed E-state index contributed by atoms with van der Waals surface area (Å²) >= 11 is 3.53. The van der Waals surface area contributed by atoms with Gasteiger partial charge in [0, 0.05) is 42.9 Å². The lowest BCUT2D eigenvalue weighted by atomic mass is 9.70. The van der Waals surface area contributed by atoms with Gasteiger partial charge in [-0.2, -0.15) is 34.2 Å². The van der Waals surface area contributed by atoms with Crippen LogP contribution in [0.4, 0.5) is 13.2 Å². The highest BCUT2D eigenvalue weighted by Gasteiger charge is 2.52. The molecular weight excluding hydrogens is 603 g/mol. The van der Waals surface area contributed by atoms with Crippen molar-refractivity contribution in [2.45, 2.75) is 96.8 Å². The Morgan fingerprint density at radius 1 is 1.07 bits per heavy atom. The molecule has 1 aliphatic carbocycles. The van der Waals surface area contributed by atoms with Crippen molar-refractivity contribution in [1.82, 2.24) is 4.98 Å². The molecule has 242 valence electrons. The molecule has 1 aromatic carbocycles. The number of ether oxygens (including phenoxy) is 2. The number of benzene rings is 1. The Hall–Kier alpha value is -1.70. The Labute approximate surface area is 259 Å². The van der Waals surface area contributed by atoms with Crippen LogP contribution in [0.1, 0.15) is 111 Å². The van der Waals surface area contributed by atoms with Gasteiger partial charge in [0.15, 0.2) is 0 Å². The normalized spacial score (nSPS) is 22.0. The molecule has 1 aromatic heterocycles. The van der Waals surface area contributed by atoms with Crippen molar-refractivity contribution in [1.29, 1.82) is 0 Å². The minimum absolute atomic E-state index is 0.238. The van der Waals surface area contributed by atoms with E-state index in [1.165, 1.54) is 25.0 Å². The molecule has 1 saturated heterocycles. The molecule has 12 heteroatoms. The van der Waals surface area contributed by atoms with E-state index < -0.39 is 39.7 Å². The molecule has 2 atom stereocenters. The maximum Gasteiger partial charge on any atom is 0.416 e. The lowest BCUT2D eigenvalue weighted by molar-refractivity contribution is -0.137. The van der Waals surface area contributed by atoms with Crippen molar-refractivity contribution in [3.8, 4) is 0 Å². The van der Waals surface area contributed by atoms with Crippen LogP contribution in [0.2, 0.25) is 0 Å². The van der Waals surface area contributed by atoms with Crippen LogP contribution >= 0.6 is 12.6 Å². The number of unbranched alkanes of at least 4 members (excludes halogenated alkanes) is 1. The molecule has 2 unspecified atom stereocenters. The van der Waals surface area contributed by atoms with Crippen LogP contribution < -0.4 is 0 Å². The van der Waals surface area contributed by atoms with Gasteiger partial charge in [-0.1, -0.05) is 52.7 Å². The zero-order chi connectivity index (χ0) is 32.2. The highest BCUT2D eigenvalue weighted by atomic mass is 32.2. The Bertz CT molecular complexity index is 1340. The standard InChI is InChI=1S/C26H30F3NO6S.C4H10.CH4S/c1-24(2)12-17-20(19(31)13-24)22-21(18(30-17)14-35-37(3,32)33)23(36-25(22)8-10-34-11-9-25)15-4-6-16(7-5-15)26(27,28)29;1-3-4-2;1-2/h4-7,19,23,31H,8-14H2,1-3H3;3-4H2,1-2H3;2H,1H3. The zero-order valence-corrected chi connectivity index (χ0v) is 27.5. The SMILES string of the molecule is CC1(C)Cc2nc(COS(C)(=O)=O)c3c(c2C(O)C1)C1(CCOCC1)OC3c1ccc(C(F)(F)F)cc1.CCCC.CS. The van der Waals surface area contributed by atoms with Crippen molar-refractivity contribution in [3.63, 3.8) is 0 Å². The lowest BCUT2D eigenvalue weighted by Crippen LogP contribution is -2.37. The van der Waals surface area contributed by atoms with Crippen molar-refractivity contribution < 1.29 is 40.4 Å². The lowest BCUT2D eigenvalue weighted by Gasteiger charge is -2.40. The Morgan fingerprint density at radius 2 is 1.65 bits per heavy atom. The summed E-state index contributed by atoms with van der Waals surface area (Å²) < 4.78 is 80.9. The predicted molar refractivity (Wildman–Crippen MR) is 163 cm³/mol. The van der Waals surface area contributed by atoms with Crippen molar-refractivity contribution in [2.75, 3.05) is 25.7 Å². The van der Waals surface area contributed by atoms with E-state index in [1.807, 2.05) is 13.8 Å². The molecule has 0 bridgehead atoms. The van der Waals surface area contributed by atoms with Gasteiger partial charge < -0.3 is 14.6 Å². The van der Waals surface area contributed by atoms with Crippen LogP contribution in [-0.2, 0) is 48.6 Å². The third kappa shape index (κ3) is 8.32. The van der Waals surface area contributed by atoms with Crippen LogP contribution in [0.5, 0.6) is 0 Å². The number of rotatable bonds is 5. The Kier molecular flexibility index (Phi) is 11.8. The summed E-state index contributed by atoms with van der Waals surface area (Å²) in [6.07, 6.45) is 1.20. The van der Waals surface area contributed by atoms with Gasteiger partial charge in [-0.15, -0.1) is 0 Å². The van der Waals surface area contributed by atoms with Crippen LogP contribution in [0, 0.1) is 5.41 Å². The number of nitrogens with zero attached hydrogens (tertiary/aromatic N) is 1. The average Bonchev–Trinajstić information content (AvgIpc) is 3.25. The van der Waals surface area contributed by atoms with Crippen molar-refractivity contribution in [3.05, 3.63) is 63.5 Å². The Morgan fingerprint density at radius 3 is 2.16 bits per heavy atom. The van der Waals surface area contributed by atoms with Gasteiger partial charge in [0.2, 0.25) is 0 Å². The second-order valence-electron chi connectivity index (χ2n) is 12.0. The van der Waals surface area contributed by atoms with E-state index in [2.05, 4.69) is 26.5 Å². The van der Waals surface area contributed by atoms with Gasteiger partial charge >= 0.3 is 6.18 Å². The first-order valence-corrected chi connectivity index (χ1v) is 17.3. The number of hydrogen-bond acceptors (Lipinski definition) is 8. The summed E-state index contributed by atoms with van der Waals surface area (Å²) in [6.45, 7) is 8.90. The van der Waals surface area contributed by atoms with Crippen LogP contribution in [0.3, 0.4) is 0 Å². The topological polar surface area (TPSA) is 95.0 Å². The third-order valence-corrected chi connectivity index (χ3v) is 8.51. The average molecular weight is 648 g/mol. The zero-order valence-electron chi connectivity index (χ0n) is 25.8. The fourth-order valence-corrected chi connectivity index (χ4v) is 6.23. The molecule has 2 aliphatic heterocycles. The third-order valence-electron chi connectivity index (χ3n) is 7.97. The van der Waals surface area contributed by atoms with Crippen LogP contribution in [-0.4, -0.2) is 44.2 Å². The van der Waals surface area contributed by atoms with Gasteiger partial charge in [-0.05, 0) is 47.8 Å². The number of alkyl halides is 3. The van der Waals surface area contributed by atoms with Gasteiger partial charge in [0.25, 0.3) is 10.1 Å². The maximum atomic E-state index is 13.2. The summed E-state index contributed by atoms with van der Waals surface area (Å²) in [5.41, 5.74) is 1.60. The number of hydrogen-bond donors (Lipinski definition) is 2. The monoisotopic (exact) mass is 647 g/mol. The molecule has 5 rings (SSSR count). The highest BCUT2D eigenvalue weighted by molar-refractivity contribution is 7.85. The number of aliphatic hydroxyl groups excluding tert-OH is 1. The summed E-state index contributed by atoms with van der Waals surface area (Å²) in [5.74, 6) is 0. The van der Waals surface area contributed by atoms with E-state index in [-0.39, 0.29) is 12.0 Å². The first kappa shape index (κ1) is 35.8. The Balaban J connectivity index is 0.000000780. The fourth-order valence-electron chi connectivity index (χ4n) is 5.90. The van der Waals surface area contributed by atoms with Gasteiger partial charge in [0.05, 0.1) is 29.2 Å². The summed E-state index contributed by atoms with van der Waals surface area (Å²) in [5, 5.41) is 11.3. The smallest absolute Gasteiger partial charge is 0.388 e. The fraction of sp³-hybridized carbons (Fsp3) is 0.645. The first-order valence-electron chi connectivity index (χ1n) is 14.6. The molecule has 1 fully saturated rings. The van der Waals surface area contributed by atoms with E-state index in [1.54, 1.807) is 6.26 Å². The van der Waals surface area contributed by atoms with Gasteiger partial charge in [-0.3, -0.25) is 9.17 Å². The number of fused-ring (bicyclic) bond motifs is 4. The van der Waals surface area contributed by atoms with Crippen molar-refractivity contribution in [2.24, 2.45) is 5.41 Å². The van der Waals surface area contributed by atoms with E-state index in [0.717, 1.165) is 24.0 Å². The minimum atomic E-state index is -4.49. The predicted octanol–water partition coefficient (Wildman–Crippen LogP) is 7.06. The maximum absolute atomic E-state index is 13.2. The summed E-state index contributed by atoms with van der Waals surface area (Å²) in [7, 11) is -3.81. The van der Waals surface area contributed by atoms with Crippen LogP contribution in [0.15, 0.2) is 24.3 Å².